The van der Waals surface area contributed by atoms with Gasteiger partial charge in [0.25, 0.3) is 0 Å². The Labute approximate surface area is 153 Å². The van der Waals surface area contributed by atoms with Crippen LogP contribution in [0.1, 0.15) is 16.7 Å². The largest absolute Gasteiger partial charge is 0.350 e. The summed E-state index contributed by atoms with van der Waals surface area (Å²) < 4.78 is 25.5. The second kappa shape index (κ2) is 7.89. The van der Waals surface area contributed by atoms with Gasteiger partial charge in [-0.25, -0.2) is 8.42 Å². The number of benzene rings is 2. The van der Waals surface area contributed by atoms with E-state index in [1.165, 1.54) is 0 Å². The van der Waals surface area contributed by atoms with Gasteiger partial charge in [0.1, 0.15) is 6.54 Å². The van der Waals surface area contributed by atoms with E-state index in [-0.39, 0.29) is 13.1 Å². The van der Waals surface area contributed by atoms with E-state index < -0.39 is 15.9 Å². The number of rotatable bonds is 6. The third kappa shape index (κ3) is 5.21. The van der Waals surface area contributed by atoms with Gasteiger partial charge in [0.2, 0.25) is 15.9 Å². The molecule has 0 spiro atoms. The lowest BCUT2D eigenvalue weighted by Crippen LogP contribution is -2.40. The summed E-state index contributed by atoms with van der Waals surface area (Å²) in [4.78, 5) is 12.3. The minimum atomic E-state index is -3.60. The van der Waals surface area contributed by atoms with Crippen LogP contribution in [0.15, 0.2) is 42.5 Å². The van der Waals surface area contributed by atoms with Gasteiger partial charge in [-0.2, -0.15) is 0 Å². The molecule has 0 bridgehead atoms. The number of halogens is 1. The molecule has 2 aromatic carbocycles. The van der Waals surface area contributed by atoms with Crippen molar-refractivity contribution in [3.05, 3.63) is 64.2 Å². The van der Waals surface area contributed by atoms with Gasteiger partial charge in [-0.3, -0.25) is 9.10 Å². The number of sulfonamides is 1. The summed E-state index contributed by atoms with van der Waals surface area (Å²) in [6.07, 6.45) is 1.09. The minimum absolute atomic E-state index is 0.239. The predicted molar refractivity (Wildman–Crippen MR) is 101 cm³/mol. The third-order valence-electron chi connectivity index (χ3n) is 3.75. The molecule has 5 nitrogen and oxygen atoms in total. The van der Waals surface area contributed by atoms with Crippen molar-refractivity contribution in [1.29, 1.82) is 0 Å². The van der Waals surface area contributed by atoms with Gasteiger partial charge < -0.3 is 5.32 Å². The molecule has 0 fully saturated rings. The molecule has 0 aliphatic heterocycles. The van der Waals surface area contributed by atoms with E-state index in [0.29, 0.717) is 10.7 Å². The number of nitrogens with zero attached hydrogens (tertiary/aromatic N) is 1. The Morgan fingerprint density at radius 2 is 1.84 bits per heavy atom. The van der Waals surface area contributed by atoms with Crippen LogP contribution >= 0.6 is 11.6 Å². The van der Waals surface area contributed by atoms with E-state index in [0.717, 1.165) is 27.3 Å². The van der Waals surface area contributed by atoms with Crippen LogP contribution in [0.3, 0.4) is 0 Å². The highest BCUT2D eigenvalue weighted by atomic mass is 35.5. The molecule has 0 saturated heterocycles. The second-order valence-corrected chi connectivity index (χ2v) is 8.24. The van der Waals surface area contributed by atoms with E-state index in [9.17, 15) is 13.2 Å². The molecule has 0 aliphatic carbocycles. The van der Waals surface area contributed by atoms with Gasteiger partial charge in [0.15, 0.2) is 0 Å². The van der Waals surface area contributed by atoms with Gasteiger partial charge in [-0.05, 0) is 42.7 Å². The summed E-state index contributed by atoms with van der Waals surface area (Å²) in [5, 5.41) is 3.27. The summed E-state index contributed by atoms with van der Waals surface area (Å²) >= 11 is 6.06. The zero-order chi connectivity index (χ0) is 18.6. The summed E-state index contributed by atoms with van der Waals surface area (Å²) in [6.45, 7) is 3.64. The lowest BCUT2D eigenvalue weighted by atomic mass is 10.1. The Balaban J connectivity index is 2.16. The molecule has 0 heterocycles. The summed E-state index contributed by atoms with van der Waals surface area (Å²) in [6, 6.07) is 12.7. The fourth-order valence-corrected chi connectivity index (χ4v) is 3.50. The van der Waals surface area contributed by atoms with Gasteiger partial charge in [0.05, 0.1) is 11.9 Å². The molecular formula is C18H21ClN2O3S. The van der Waals surface area contributed by atoms with Crippen molar-refractivity contribution >= 4 is 33.2 Å². The summed E-state index contributed by atoms with van der Waals surface area (Å²) in [7, 11) is -3.60. The Morgan fingerprint density at radius 1 is 1.16 bits per heavy atom. The molecule has 2 aromatic rings. The van der Waals surface area contributed by atoms with E-state index in [1.54, 1.807) is 18.2 Å². The molecule has 0 aromatic heterocycles. The van der Waals surface area contributed by atoms with Crippen molar-refractivity contribution < 1.29 is 13.2 Å². The smallest absolute Gasteiger partial charge is 0.241 e. The fraction of sp³-hybridized carbons (Fsp3) is 0.278. The van der Waals surface area contributed by atoms with E-state index in [1.807, 2.05) is 38.1 Å². The predicted octanol–water partition coefficient (Wildman–Crippen LogP) is 3.04. The number of carbonyl (C=O) groups excluding carboxylic acids is 1. The molecular weight excluding hydrogens is 360 g/mol. The molecule has 0 radical (unpaired) electrons. The van der Waals surface area contributed by atoms with Crippen molar-refractivity contribution in [3.8, 4) is 0 Å². The Kier molecular flexibility index (Phi) is 6.08. The zero-order valence-corrected chi connectivity index (χ0v) is 16.0. The highest BCUT2D eigenvalue weighted by Crippen LogP contribution is 2.23. The molecule has 0 atom stereocenters. The minimum Gasteiger partial charge on any atom is -0.350 e. The maximum absolute atomic E-state index is 12.3. The Hall–Kier alpha value is -2.05. The first-order valence-corrected chi connectivity index (χ1v) is 9.96. The summed E-state index contributed by atoms with van der Waals surface area (Å²) in [5.41, 5.74) is 2.99. The summed E-state index contributed by atoms with van der Waals surface area (Å²) in [5.74, 6) is -0.397. The van der Waals surface area contributed by atoms with Crippen LogP contribution in [0.4, 0.5) is 5.69 Å². The van der Waals surface area contributed by atoms with Gasteiger partial charge in [-0.1, -0.05) is 41.9 Å². The number of carbonyl (C=O) groups is 1. The molecule has 1 N–H and O–H groups in total. The molecule has 1 amide bonds. The highest BCUT2D eigenvalue weighted by Gasteiger charge is 2.22. The quantitative estimate of drug-likeness (QED) is 0.837. The van der Waals surface area contributed by atoms with E-state index in [2.05, 4.69) is 5.32 Å². The second-order valence-electron chi connectivity index (χ2n) is 5.93. The van der Waals surface area contributed by atoms with Crippen molar-refractivity contribution in [2.24, 2.45) is 0 Å². The van der Waals surface area contributed by atoms with Crippen LogP contribution in [0.25, 0.3) is 0 Å². The molecule has 2 rings (SSSR count). The van der Waals surface area contributed by atoms with Crippen LogP contribution in [-0.4, -0.2) is 27.1 Å². The Morgan fingerprint density at radius 3 is 2.48 bits per heavy atom. The first kappa shape index (κ1) is 19.3. The van der Waals surface area contributed by atoms with Crippen LogP contribution in [0.2, 0.25) is 5.02 Å². The van der Waals surface area contributed by atoms with Crippen molar-refractivity contribution in [1.82, 2.24) is 5.32 Å². The van der Waals surface area contributed by atoms with Crippen LogP contribution in [0, 0.1) is 13.8 Å². The third-order valence-corrected chi connectivity index (χ3v) is 5.25. The standard InChI is InChI=1S/C18H21ClN2O3S/c1-13-8-9-14(2)17(10-13)21(25(3,23)24)12-18(22)20-11-15-6-4-5-7-16(15)19/h4-10H,11-12H2,1-3H3,(H,20,22). The van der Waals surface area contributed by atoms with Crippen LogP contribution in [0.5, 0.6) is 0 Å². The van der Waals surface area contributed by atoms with Gasteiger partial charge in [-0.15, -0.1) is 0 Å². The number of aryl methyl sites for hydroxylation is 2. The average Bonchev–Trinajstić information content (AvgIpc) is 2.53. The fourth-order valence-electron chi connectivity index (χ4n) is 2.39. The van der Waals surface area contributed by atoms with Crippen LogP contribution in [-0.2, 0) is 21.4 Å². The van der Waals surface area contributed by atoms with Crippen molar-refractivity contribution in [2.45, 2.75) is 20.4 Å². The number of anilines is 1. The monoisotopic (exact) mass is 380 g/mol. The molecule has 25 heavy (non-hydrogen) atoms. The molecule has 0 aliphatic rings. The molecule has 7 heteroatoms. The van der Waals surface area contributed by atoms with Gasteiger partial charge >= 0.3 is 0 Å². The highest BCUT2D eigenvalue weighted by molar-refractivity contribution is 7.92. The molecule has 134 valence electrons. The van der Waals surface area contributed by atoms with Crippen LogP contribution < -0.4 is 9.62 Å². The first-order chi connectivity index (χ1) is 11.7. The number of hydrogen-bond acceptors (Lipinski definition) is 3. The SMILES string of the molecule is Cc1ccc(C)c(N(CC(=O)NCc2ccccc2Cl)S(C)(=O)=O)c1. The number of hydrogen-bond donors (Lipinski definition) is 1. The Bertz CT molecular complexity index is 882. The first-order valence-electron chi connectivity index (χ1n) is 7.73. The van der Waals surface area contributed by atoms with E-state index in [4.69, 9.17) is 11.6 Å². The maximum atomic E-state index is 12.3. The van der Waals surface area contributed by atoms with Crippen molar-refractivity contribution in [2.75, 3.05) is 17.1 Å². The van der Waals surface area contributed by atoms with Crippen molar-refractivity contribution in [3.63, 3.8) is 0 Å². The van der Waals surface area contributed by atoms with Gasteiger partial charge in [0, 0.05) is 11.6 Å². The molecule has 0 unspecified atom stereocenters. The van der Waals surface area contributed by atoms with E-state index >= 15 is 0 Å². The number of nitrogens with one attached hydrogen (secondary N) is 1. The lowest BCUT2D eigenvalue weighted by molar-refractivity contribution is -0.119. The number of amides is 1. The molecule has 0 saturated carbocycles. The topological polar surface area (TPSA) is 66.5 Å². The lowest BCUT2D eigenvalue weighted by Gasteiger charge is -2.24. The normalized spacial score (nSPS) is 11.2. The average molecular weight is 381 g/mol. The zero-order valence-electron chi connectivity index (χ0n) is 14.4. The maximum Gasteiger partial charge on any atom is 0.241 e.